The molecule has 2 rings (SSSR count). The van der Waals surface area contributed by atoms with Gasteiger partial charge in [0, 0.05) is 23.8 Å². The second kappa shape index (κ2) is 8.93. The van der Waals surface area contributed by atoms with Gasteiger partial charge < -0.3 is 5.11 Å². The third kappa shape index (κ3) is 5.91. The van der Waals surface area contributed by atoms with Crippen LogP contribution in [-0.4, -0.2) is 41.8 Å². The molecule has 0 spiro atoms. The number of carboxylic acids is 1. The van der Waals surface area contributed by atoms with Crippen LogP contribution in [0.1, 0.15) is 70.6 Å². The van der Waals surface area contributed by atoms with Crippen molar-refractivity contribution < 1.29 is 23.2 Å². The highest BCUT2D eigenvalue weighted by Crippen LogP contribution is 2.31. The van der Waals surface area contributed by atoms with Crippen molar-refractivity contribution in [2.45, 2.75) is 88.0 Å². The number of sulfonamides is 1. The van der Waals surface area contributed by atoms with Crippen molar-refractivity contribution >= 4 is 16.0 Å². The lowest BCUT2D eigenvalue weighted by Gasteiger charge is -2.31. The Morgan fingerprint density at radius 2 is 1.76 bits per heavy atom. The molecule has 2 fully saturated rings. The predicted octanol–water partition coefficient (Wildman–Crippen LogP) is 2.31. The van der Waals surface area contributed by atoms with Gasteiger partial charge in [0.15, 0.2) is 0 Å². The number of hydrogen-bond acceptors (Lipinski definition) is 5. The van der Waals surface area contributed by atoms with Crippen molar-refractivity contribution in [3.63, 3.8) is 0 Å². The van der Waals surface area contributed by atoms with Crippen LogP contribution in [0.3, 0.4) is 0 Å². The van der Waals surface area contributed by atoms with Gasteiger partial charge in [-0.05, 0) is 57.3 Å². The predicted molar refractivity (Wildman–Crippen MR) is 92.3 cm³/mol. The van der Waals surface area contributed by atoms with E-state index in [4.69, 9.17) is 5.11 Å². The Hall–Kier alpha value is -1.22. The van der Waals surface area contributed by atoms with Crippen LogP contribution in [0.5, 0.6) is 0 Å². The first-order valence-electron chi connectivity index (χ1n) is 9.16. The van der Waals surface area contributed by atoms with E-state index < -0.39 is 32.2 Å². The average molecular weight is 376 g/mol. The minimum atomic E-state index is -3.69. The molecule has 2 saturated carbocycles. The standard InChI is InChI=1S/C16H28N2O6S/c19-16(20)7-3-4-12-8-10-13(11-9-12)17-25(23,24)15-6-2-1-5-14(15)18(21)22/h12-15,17H,1-11H2,(H,19,20). The van der Waals surface area contributed by atoms with Gasteiger partial charge in [-0.2, -0.15) is 0 Å². The quantitative estimate of drug-likeness (QED) is 0.494. The van der Waals surface area contributed by atoms with Gasteiger partial charge >= 0.3 is 5.97 Å². The minimum absolute atomic E-state index is 0.157. The van der Waals surface area contributed by atoms with Crippen molar-refractivity contribution in [3.8, 4) is 0 Å². The van der Waals surface area contributed by atoms with E-state index in [-0.39, 0.29) is 12.5 Å². The lowest BCUT2D eigenvalue weighted by atomic mass is 9.83. The van der Waals surface area contributed by atoms with Crippen LogP contribution >= 0.6 is 0 Å². The Labute approximate surface area is 148 Å². The van der Waals surface area contributed by atoms with E-state index in [9.17, 15) is 23.3 Å². The molecule has 0 saturated heterocycles. The van der Waals surface area contributed by atoms with Gasteiger partial charge in [0.05, 0.1) is 0 Å². The minimum Gasteiger partial charge on any atom is -0.481 e. The monoisotopic (exact) mass is 376 g/mol. The van der Waals surface area contributed by atoms with Gasteiger partial charge in [-0.3, -0.25) is 14.9 Å². The fourth-order valence-corrected chi connectivity index (χ4v) is 6.11. The summed E-state index contributed by atoms with van der Waals surface area (Å²) in [7, 11) is -3.69. The Balaban J connectivity index is 1.83. The third-order valence-corrected chi connectivity index (χ3v) is 7.53. The fraction of sp³-hybridized carbons (Fsp3) is 0.938. The van der Waals surface area contributed by atoms with Crippen LogP contribution in [-0.2, 0) is 14.8 Å². The highest BCUT2D eigenvalue weighted by atomic mass is 32.2. The number of nitro groups is 1. The molecule has 144 valence electrons. The number of nitrogens with zero attached hydrogens (tertiary/aromatic N) is 1. The van der Waals surface area contributed by atoms with Gasteiger partial charge in [-0.1, -0.05) is 6.42 Å². The van der Waals surface area contributed by atoms with Crippen molar-refractivity contribution in [1.82, 2.24) is 4.72 Å². The Morgan fingerprint density at radius 3 is 2.36 bits per heavy atom. The van der Waals surface area contributed by atoms with E-state index in [0.29, 0.717) is 50.9 Å². The smallest absolute Gasteiger partial charge is 0.303 e. The molecule has 9 heteroatoms. The largest absolute Gasteiger partial charge is 0.481 e. The number of nitrogens with one attached hydrogen (secondary N) is 1. The summed E-state index contributed by atoms with van der Waals surface area (Å²) in [6, 6.07) is -1.16. The summed E-state index contributed by atoms with van der Waals surface area (Å²) in [5, 5.41) is 18.9. The second-order valence-corrected chi connectivity index (χ2v) is 9.27. The van der Waals surface area contributed by atoms with E-state index in [1.807, 2.05) is 0 Å². The average Bonchev–Trinajstić information content (AvgIpc) is 2.56. The molecule has 0 amide bonds. The van der Waals surface area contributed by atoms with Crippen molar-refractivity contribution in [2.75, 3.05) is 0 Å². The molecule has 0 radical (unpaired) electrons. The molecule has 2 N–H and O–H groups in total. The molecule has 8 nitrogen and oxygen atoms in total. The zero-order valence-corrected chi connectivity index (χ0v) is 15.2. The molecular formula is C16H28N2O6S. The van der Waals surface area contributed by atoms with E-state index in [0.717, 1.165) is 19.3 Å². The summed E-state index contributed by atoms with van der Waals surface area (Å²) in [6.45, 7) is 0. The first kappa shape index (κ1) is 20.1. The molecule has 0 bridgehead atoms. The summed E-state index contributed by atoms with van der Waals surface area (Å²) in [6.07, 6.45) is 6.97. The number of rotatable bonds is 8. The first-order valence-corrected chi connectivity index (χ1v) is 10.7. The molecule has 0 aromatic carbocycles. The maximum absolute atomic E-state index is 12.6. The summed E-state index contributed by atoms with van der Waals surface area (Å²) >= 11 is 0. The summed E-state index contributed by atoms with van der Waals surface area (Å²) < 4.78 is 28.0. The van der Waals surface area contributed by atoms with Crippen LogP contribution in [0.4, 0.5) is 0 Å². The molecule has 2 atom stereocenters. The molecule has 25 heavy (non-hydrogen) atoms. The van der Waals surface area contributed by atoms with Crippen molar-refractivity contribution in [1.29, 1.82) is 0 Å². The van der Waals surface area contributed by atoms with Crippen LogP contribution in [0.15, 0.2) is 0 Å². The first-order chi connectivity index (χ1) is 11.8. The van der Waals surface area contributed by atoms with Crippen LogP contribution in [0, 0.1) is 16.0 Å². The molecule has 2 unspecified atom stereocenters. The van der Waals surface area contributed by atoms with Crippen LogP contribution in [0.25, 0.3) is 0 Å². The number of carbonyl (C=O) groups is 1. The third-order valence-electron chi connectivity index (χ3n) is 5.52. The topological polar surface area (TPSA) is 127 Å². The van der Waals surface area contributed by atoms with E-state index >= 15 is 0 Å². The lowest BCUT2D eigenvalue weighted by molar-refractivity contribution is -0.524. The van der Waals surface area contributed by atoms with Crippen LogP contribution < -0.4 is 4.72 Å². The highest BCUT2D eigenvalue weighted by Gasteiger charge is 2.43. The Bertz CT molecular complexity index is 571. The molecular weight excluding hydrogens is 348 g/mol. The van der Waals surface area contributed by atoms with Crippen molar-refractivity contribution in [2.24, 2.45) is 5.92 Å². The normalized spacial score (nSPS) is 30.7. The molecule has 0 heterocycles. The molecule has 0 aliphatic heterocycles. The van der Waals surface area contributed by atoms with Gasteiger partial charge in [0.2, 0.25) is 16.1 Å². The van der Waals surface area contributed by atoms with E-state index in [1.165, 1.54) is 0 Å². The molecule has 2 aliphatic rings. The fourth-order valence-electron chi connectivity index (χ4n) is 4.11. The van der Waals surface area contributed by atoms with Gasteiger partial charge in [-0.15, -0.1) is 0 Å². The molecule has 2 aliphatic carbocycles. The molecule has 0 aromatic heterocycles. The summed E-state index contributed by atoms with van der Waals surface area (Å²) in [5.41, 5.74) is 0. The maximum atomic E-state index is 12.6. The maximum Gasteiger partial charge on any atom is 0.303 e. The van der Waals surface area contributed by atoms with Gasteiger partial charge in [0.25, 0.3) is 0 Å². The summed E-state index contributed by atoms with van der Waals surface area (Å²) in [5.74, 6) is -0.337. The van der Waals surface area contributed by atoms with Crippen LogP contribution in [0.2, 0.25) is 0 Å². The number of carboxylic acid groups (broad SMARTS) is 1. The zero-order chi connectivity index (χ0) is 18.4. The zero-order valence-electron chi connectivity index (χ0n) is 14.4. The highest BCUT2D eigenvalue weighted by molar-refractivity contribution is 7.90. The number of aliphatic carboxylic acids is 1. The summed E-state index contributed by atoms with van der Waals surface area (Å²) in [4.78, 5) is 21.3. The van der Waals surface area contributed by atoms with Gasteiger partial charge in [0.1, 0.15) is 5.25 Å². The SMILES string of the molecule is O=C(O)CCCC1CCC(NS(=O)(=O)C2CCCCC2[N+](=O)[O-])CC1. The van der Waals surface area contributed by atoms with Gasteiger partial charge in [-0.25, -0.2) is 13.1 Å². The second-order valence-electron chi connectivity index (χ2n) is 7.34. The van der Waals surface area contributed by atoms with Crippen molar-refractivity contribution in [3.05, 3.63) is 10.1 Å². The lowest BCUT2D eigenvalue weighted by Crippen LogP contribution is -2.50. The van der Waals surface area contributed by atoms with E-state index in [2.05, 4.69) is 4.72 Å². The Kier molecular flexibility index (Phi) is 7.18. The number of hydrogen-bond donors (Lipinski definition) is 2. The Morgan fingerprint density at radius 1 is 1.12 bits per heavy atom. The molecule has 0 aromatic rings. The van der Waals surface area contributed by atoms with E-state index in [1.54, 1.807) is 0 Å².